The van der Waals surface area contributed by atoms with Gasteiger partial charge in [0.2, 0.25) is 0 Å². The van der Waals surface area contributed by atoms with Gasteiger partial charge in [0.25, 0.3) is 0 Å². The summed E-state index contributed by atoms with van der Waals surface area (Å²) in [6, 6.07) is 0.155. The molecule has 15 heavy (non-hydrogen) atoms. The van der Waals surface area contributed by atoms with E-state index in [0.717, 1.165) is 0 Å². The number of alkyl halides is 3. The molecular formula is C9H18F3NNiO. The van der Waals surface area contributed by atoms with Gasteiger partial charge in [-0.25, -0.2) is 0 Å². The largest absolute Gasteiger partial charge is 0.391 e. The number of hydrogen-bond acceptors (Lipinski definition) is 2. The van der Waals surface area contributed by atoms with Crippen molar-refractivity contribution in [2.45, 2.75) is 45.5 Å². The molecule has 0 aromatic heterocycles. The average Bonchev–Trinajstić information content (AvgIpc) is 1.96. The SMILES string of the molecule is CCN(CC(O)CC(F)(F)F)C(C)C.[Ni]. The van der Waals surface area contributed by atoms with Crippen molar-refractivity contribution >= 4 is 0 Å². The first-order valence-corrected chi connectivity index (χ1v) is 4.75. The Morgan fingerprint density at radius 3 is 2.00 bits per heavy atom. The van der Waals surface area contributed by atoms with Gasteiger partial charge in [0.1, 0.15) is 0 Å². The van der Waals surface area contributed by atoms with E-state index in [1.165, 1.54) is 0 Å². The zero-order valence-electron chi connectivity index (χ0n) is 9.12. The zero-order valence-corrected chi connectivity index (χ0v) is 10.1. The Balaban J connectivity index is 0. The Labute approximate surface area is 98.8 Å². The molecule has 0 saturated heterocycles. The van der Waals surface area contributed by atoms with Crippen molar-refractivity contribution in [2.24, 2.45) is 0 Å². The van der Waals surface area contributed by atoms with Crippen LogP contribution in [0.1, 0.15) is 27.2 Å². The topological polar surface area (TPSA) is 23.5 Å². The summed E-state index contributed by atoms with van der Waals surface area (Å²) >= 11 is 0. The number of halogens is 3. The molecule has 0 bridgehead atoms. The molecule has 0 aromatic carbocycles. The van der Waals surface area contributed by atoms with Gasteiger partial charge >= 0.3 is 6.18 Å². The minimum Gasteiger partial charge on any atom is -0.391 e. The second kappa shape index (κ2) is 7.47. The Morgan fingerprint density at radius 1 is 1.27 bits per heavy atom. The number of aliphatic hydroxyl groups excluding tert-OH is 1. The minimum atomic E-state index is -4.28. The van der Waals surface area contributed by atoms with Crippen LogP contribution in [0.2, 0.25) is 0 Å². The van der Waals surface area contributed by atoms with Gasteiger partial charge in [-0.1, -0.05) is 6.92 Å². The van der Waals surface area contributed by atoms with Gasteiger partial charge < -0.3 is 5.11 Å². The minimum absolute atomic E-state index is 0. The number of rotatable bonds is 5. The molecule has 0 aromatic rings. The summed E-state index contributed by atoms with van der Waals surface area (Å²) in [5, 5.41) is 9.17. The van der Waals surface area contributed by atoms with E-state index in [-0.39, 0.29) is 29.1 Å². The van der Waals surface area contributed by atoms with Crippen molar-refractivity contribution in [1.82, 2.24) is 4.90 Å². The van der Waals surface area contributed by atoms with Gasteiger partial charge in [0.15, 0.2) is 0 Å². The third-order valence-corrected chi connectivity index (χ3v) is 2.05. The van der Waals surface area contributed by atoms with Crippen molar-refractivity contribution in [3.05, 3.63) is 0 Å². The van der Waals surface area contributed by atoms with Gasteiger partial charge in [-0.2, -0.15) is 13.2 Å². The zero-order chi connectivity index (χ0) is 11.4. The molecule has 6 heteroatoms. The molecule has 0 saturated carbocycles. The summed E-state index contributed by atoms with van der Waals surface area (Å²) in [5.74, 6) is 0. The van der Waals surface area contributed by atoms with Crippen LogP contribution in [0.3, 0.4) is 0 Å². The van der Waals surface area contributed by atoms with Gasteiger partial charge in [0, 0.05) is 29.1 Å². The molecular weight excluding hydrogens is 254 g/mol. The Morgan fingerprint density at radius 2 is 1.73 bits per heavy atom. The van der Waals surface area contributed by atoms with Crippen molar-refractivity contribution in [3.8, 4) is 0 Å². The number of hydrogen-bond donors (Lipinski definition) is 1. The molecule has 0 aliphatic rings. The summed E-state index contributed by atoms with van der Waals surface area (Å²) in [6.45, 7) is 6.37. The molecule has 0 fully saturated rings. The van der Waals surface area contributed by atoms with E-state index in [0.29, 0.717) is 6.54 Å². The maximum absolute atomic E-state index is 11.9. The van der Waals surface area contributed by atoms with Gasteiger partial charge in [-0.3, -0.25) is 4.90 Å². The molecule has 96 valence electrons. The van der Waals surface area contributed by atoms with Crippen LogP contribution in [0.4, 0.5) is 13.2 Å². The molecule has 0 spiro atoms. The summed E-state index contributed by atoms with van der Waals surface area (Å²) in [7, 11) is 0. The van der Waals surface area contributed by atoms with Crippen LogP contribution in [-0.4, -0.2) is 41.4 Å². The van der Waals surface area contributed by atoms with Gasteiger partial charge in [-0.05, 0) is 20.4 Å². The fourth-order valence-corrected chi connectivity index (χ4v) is 1.31. The van der Waals surface area contributed by atoms with Crippen LogP contribution >= 0.6 is 0 Å². The van der Waals surface area contributed by atoms with Crippen molar-refractivity contribution < 1.29 is 34.8 Å². The molecule has 0 rings (SSSR count). The van der Waals surface area contributed by atoms with Crippen molar-refractivity contribution in [1.29, 1.82) is 0 Å². The fourth-order valence-electron chi connectivity index (χ4n) is 1.31. The maximum atomic E-state index is 11.9. The Bertz CT molecular complexity index is 164. The van der Waals surface area contributed by atoms with E-state index in [4.69, 9.17) is 0 Å². The standard InChI is InChI=1S/C9H18F3NO.Ni/c1-4-13(7(2)3)6-8(14)5-9(10,11)12;/h7-8,14H,4-6H2,1-3H3;. The smallest absolute Gasteiger partial charge is 0.391 e. The molecule has 0 radical (unpaired) electrons. The summed E-state index contributed by atoms with van der Waals surface area (Å²) < 4.78 is 35.6. The van der Waals surface area contributed by atoms with Crippen LogP contribution in [0, 0.1) is 0 Å². The van der Waals surface area contributed by atoms with Crippen LogP contribution in [-0.2, 0) is 16.5 Å². The maximum Gasteiger partial charge on any atom is 0.391 e. The summed E-state index contributed by atoms with van der Waals surface area (Å²) in [5.41, 5.74) is 0. The second-order valence-corrected chi connectivity index (χ2v) is 3.65. The van der Waals surface area contributed by atoms with E-state index in [9.17, 15) is 18.3 Å². The van der Waals surface area contributed by atoms with E-state index >= 15 is 0 Å². The first-order valence-electron chi connectivity index (χ1n) is 4.75. The molecule has 0 amide bonds. The molecule has 0 aliphatic carbocycles. The second-order valence-electron chi connectivity index (χ2n) is 3.65. The van der Waals surface area contributed by atoms with E-state index in [2.05, 4.69) is 0 Å². The molecule has 1 N–H and O–H groups in total. The quantitative estimate of drug-likeness (QED) is 0.774. The average molecular weight is 272 g/mol. The van der Waals surface area contributed by atoms with Crippen molar-refractivity contribution in [2.75, 3.05) is 13.1 Å². The van der Waals surface area contributed by atoms with Crippen LogP contribution in [0.15, 0.2) is 0 Å². The Hall–Kier alpha value is 0.204. The third kappa shape index (κ3) is 9.15. The van der Waals surface area contributed by atoms with Gasteiger partial charge in [-0.15, -0.1) is 0 Å². The normalized spacial score (nSPS) is 14.2. The predicted molar refractivity (Wildman–Crippen MR) is 49.1 cm³/mol. The summed E-state index contributed by atoms with van der Waals surface area (Å²) in [6.07, 6.45) is -6.73. The number of aliphatic hydroxyl groups is 1. The molecule has 0 aliphatic heterocycles. The summed E-state index contributed by atoms with van der Waals surface area (Å²) in [4.78, 5) is 1.80. The molecule has 0 heterocycles. The van der Waals surface area contributed by atoms with Gasteiger partial charge in [0.05, 0.1) is 12.5 Å². The first kappa shape index (κ1) is 17.6. The fraction of sp³-hybridized carbons (Fsp3) is 1.00. The van der Waals surface area contributed by atoms with Crippen LogP contribution < -0.4 is 0 Å². The Kier molecular flexibility index (Phi) is 8.76. The van der Waals surface area contributed by atoms with E-state index in [1.54, 1.807) is 4.90 Å². The van der Waals surface area contributed by atoms with Crippen molar-refractivity contribution in [3.63, 3.8) is 0 Å². The van der Waals surface area contributed by atoms with Crippen LogP contribution in [0.5, 0.6) is 0 Å². The monoisotopic (exact) mass is 271 g/mol. The number of likely N-dealkylation sites (N-methyl/N-ethyl adjacent to an activating group) is 1. The third-order valence-electron chi connectivity index (χ3n) is 2.05. The first-order chi connectivity index (χ1) is 6.26. The van der Waals surface area contributed by atoms with E-state index < -0.39 is 18.7 Å². The molecule has 1 atom stereocenters. The molecule has 2 nitrogen and oxygen atoms in total. The number of nitrogens with zero attached hydrogens (tertiary/aromatic N) is 1. The molecule has 1 unspecified atom stereocenters. The predicted octanol–water partition coefficient (Wildman–Crippen LogP) is 2.03. The van der Waals surface area contributed by atoms with E-state index in [1.807, 2.05) is 20.8 Å². The van der Waals surface area contributed by atoms with Crippen LogP contribution in [0.25, 0.3) is 0 Å².